The number of amides is 1. The lowest BCUT2D eigenvalue weighted by Crippen LogP contribution is -2.25. The van der Waals surface area contributed by atoms with Crippen LogP contribution in [0.5, 0.6) is 0 Å². The van der Waals surface area contributed by atoms with Gasteiger partial charge in [0.1, 0.15) is 0 Å². The molecule has 0 radical (unpaired) electrons. The number of nitro benzene ring substituents is 1. The van der Waals surface area contributed by atoms with Gasteiger partial charge in [-0.3, -0.25) is 14.9 Å². The van der Waals surface area contributed by atoms with Gasteiger partial charge in [-0.15, -0.1) is 11.3 Å². The van der Waals surface area contributed by atoms with Gasteiger partial charge in [-0.1, -0.05) is 6.07 Å². The fourth-order valence-corrected chi connectivity index (χ4v) is 2.82. The molecule has 0 saturated carbocycles. The first-order chi connectivity index (χ1) is 11.8. The van der Waals surface area contributed by atoms with E-state index in [1.807, 2.05) is 0 Å². The summed E-state index contributed by atoms with van der Waals surface area (Å²) in [5, 5.41) is 16.3. The van der Waals surface area contributed by atoms with Gasteiger partial charge in [0.25, 0.3) is 11.6 Å². The quantitative estimate of drug-likeness (QED) is 0.467. The molecular weight excluding hydrogens is 359 g/mol. The molecule has 1 aromatic heterocycles. The number of thiophene rings is 1. The monoisotopic (exact) mass is 367 g/mol. The molecule has 6 nitrogen and oxygen atoms in total. The summed E-state index contributed by atoms with van der Waals surface area (Å²) in [7, 11) is 0. The number of benzene rings is 1. The highest BCUT2D eigenvalue weighted by Crippen LogP contribution is 2.33. The van der Waals surface area contributed by atoms with Crippen LogP contribution in [0.1, 0.15) is 4.88 Å². The summed E-state index contributed by atoms with van der Waals surface area (Å²) in [6.07, 6.45) is -3.68. The lowest BCUT2D eigenvalue weighted by atomic mass is 10.1. The van der Waals surface area contributed by atoms with Crippen molar-refractivity contribution in [3.63, 3.8) is 0 Å². The van der Waals surface area contributed by atoms with E-state index in [0.717, 1.165) is 18.2 Å². The third-order valence-electron chi connectivity index (χ3n) is 3.28. The summed E-state index contributed by atoms with van der Waals surface area (Å²) >= 11 is 1.18. The number of rotatable bonds is 3. The highest BCUT2D eigenvalue weighted by molar-refractivity contribution is 7.10. The van der Waals surface area contributed by atoms with Gasteiger partial charge in [0, 0.05) is 17.0 Å². The van der Waals surface area contributed by atoms with Crippen LogP contribution < -0.4 is 5.01 Å². The molecule has 1 aliphatic rings. The Labute approximate surface area is 142 Å². The molecule has 0 spiro atoms. The van der Waals surface area contributed by atoms with Crippen molar-refractivity contribution in [1.29, 1.82) is 0 Å². The van der Waals surface area contributed by atoms with Crippen LogP contribution in [0.4, 0.5) is 24.5 Å². The summed E-state index contributed by atoms with van der Waals surface area (Å²) in [6, 6.07) is 7.74. The Balaban J connectivity index is 2.03. The molecule has 0 bridgehead atoms. The highest BCUT2D eigenvalue weighted by atomic mass is 32.1. The Hall–Kier alpha value is -3.01. The smallest absolute Gasteiger partial charge is 0.267 e. The summed E-state index contributed by atoms with van der Waals surface area (Å²) in [4.78, 5) is 22.9. The molecule has 0 unspecified atom stereocenters. The SMILES string of the molecule is O=C1C(=Cc2cccs2)C(C(F)(F)F)=NN1c1ccc([N+](=O)[O-])cc1. The van der Waals surface area contributed by atoms with E-state index >= 15 is 0 Å². The fourth-order valence-electron chi connectivity index (χ4n) is 2.16. The predicted molar refractivity (Wildman–Crippen MR) is 86.4 cm³/mol. The minimum absolute atomic E-state index is 0.00642. The van der Waals surface area contributed by atoms with Crippen LogP contribution in [0.2, 0.25) is 0 Å². The van der Waals surface area contributed by atoms with Gasteiger partial charge < -0.3 is 0 Å². The Bertz CT molecular complexity index is 887. The van der Waals surface area contributed by atoms with Crippen molar-refractivity contribution < 1.29 is 22.9 Å². The van der Waals surface area contributed by atoms with E-state index in [0.29, 0.717) is 9.89 Å². The maximum absolute atomic E-state index is 13.2. The van der Waals surface area contributed by atoms with Crippen molar-refractivity contribution in [3.8, 4) is 0 Å². The van der Waals surface area contributed by atoms with Gasteiger partial charge in [0.2, 0.25) is 0 Å². The zero-order chi connectivity index (χ0) is 18.2. The summed E-state index contributed by atoms with van der Waals surface area (Å²) in [6.45, 7) is 0. The molecule has 2 heterocycles. The van der Waals surface area contributed by atoms with E-state index < -0.39 is 28.3 Å². The third kappa shape index (κ3) is 3.29. The van der Waals surface area contributed by atoms with E-state index in [4.69, 9.17) is 0 Å². The van der Waals surface area contributed by atoms with Crippen LogP contribution in [0.3, 0.4) is 0 Å². The molecular formula is C15H8F3N3O3S. The first-order valence-corrected chi connectivity index (χ1v) is 7.65. The van der Waals surface area contributed by atoms with E-state index in [1.54, 1.807) is 17.5 Å². The Morgan fingerprint density at radius 2 is 1.88 bits per heavy atom. The second-order valence-corrected chi connectivity index (χ2v) is 5.89. The molecule has 25 heavy (non-hydrogen) atoms. The molecule has 0 aliphatic carbocycles. The molecule has 1 aromatic carbocycles. The van der Waals surface area contributed by atoms with Gasteiger partial charge >= 0.3 is 6.18 Å². The predicted octanol–water partition coefficient (Wildman–Crippen LogP) is 4.00. The normalized spacial score (nSPS) is 16.4. The third-order valence-corrected chi connectivity index (χ3v) is 4.10. The van der Waals surface area contributed by atoms with Crippen LogP contribution in [-0.4, -0.2) is 22.7 Å². The van der Waals surface area contributed by atoms with Crippen molar-refractivity contribution >= 4 is 40.4 Å². The van der Waals surface area contributed by atoms with Crippen molar-refractivity contribution in [1.82, 2.24) is 0 Å². The van der Waals surface area contributed by atoms with E-state index in [2.05, 4.69) is 5.10 Å². The van der Waals surface area contributed by atoms with Crippen molar-refractivity contribution in [2.75, 3.05) is 5.01 Å². The van der Waals surface area contributed by atoms with E-state index in [9.17, 15) is 28.1 Å². The molecule has 3 rings (SSSR count). The fraction of sp³-hybridized carbons (Fsp3) is 0.0667. The number of hydrogen-bond acceptors (Lipinski definition) is 5. The molecule has 0 saturated heterocycles. The molecule has 10 heteroatoms. The average molecular weight is 367 g/mol. The standard InChI is InChI=1S/C15H8F3N3O3S/c16-15(17,18)13-12(8-11-2-1-7-25-11)14(22)20(19-13)9-3-5-10(6-4-9)21(23)24/h1-8H. The minimum atomic E-state index is -4.81. The summed E-state index contributed by atoms with van der Waals surface area (Å²) < 4.78 is 39.7. The van der Waals surface area contributed by atoms with Crippen molar-refractivity contribution in [3.05, 3.63) is 62.3 Å². The molecule has 1 aliphatic heterocycles. The maximum atomic E-state index is 13.2. The number of carbonyl (C=O) groups is 1. The number of nitro groups is 1. The van der Waals surface area contributed by atoms with Crippen LogP contribution in [0.25, 0.3) is 6.08 Å². The number of nitrogens with zero attached hydrogens (tertiary/aromatic N) is 3. The lowest BCUT2D eigenvalue weighted by Gasteiger charge is -2.10. The van der Waals surface area contributed by atoms with Crippen LogP contribution >= 0.6 is 11.3 Å². The molecule has 0 N–H and O–H groups in total. The number of non-ortho nitro benzene ring substituents is 1. The summed E-state index contributed by atoms with van der Waals surface area (Å²) in [5.74, 6) is -0.949. The minimum Gasteiger partial charge on any atom is -0.267 e. The zero-order valence-corrected chi connectivity index (χ0v) is 13.0. The van der Waals surface area contributed by atoms with Crippen molar-refractivity contribution in [2.24, 2.45) is 5.10 Å². The number of anilines is 1. The lowest BCUT2D eigenvalue weighted by molar-refractivity contribution is -0.384. The maximum Gasteiger partial charge on any atom is 0.435 e. The topological polar surface area (TPSA) is 75.8 Å². The van der Waals surface area contributed by atoms with Crippen molar-refractivity contribution in [2.45, 2.75) is 6.18 Å². The average Bonchev–Trinajstić information content (AvgIpc) is 3.16. The zero-order valence-electron chi connectivity index (χ0n) is 12.2. The molecule has 0 fully saturated rings. The highest BCUT2D eigenvalue weighted by Gasteiger charge is 2.46. The Morgan fingerprint density at radius 1 is 1.20 bits per heavy atom. The number of alkyl halides is 3. The van der Waals surface area contributed by atoms with E-state index in [1.165, 1.54) is 23.5 Å². The van der Waals surface area contributed by atoms with Crippen LogP contribution in [0.15, 0.2) is 52.5 Å². The number of hydrogen-bond donors (Lipinski definition) is 0. The van der Waals surface area contributed by atoms with Crippen LogP contribution in [-0.2, 0) is 4.79 Å². The largest absolute Gasteiger partial charge is 0.435 e. The summed E-state index contributed by atoms with van der Waals surface area (Å²) in [5.41, 5.74) is -2.12. The first kappa shape index (κ1) is 16.8. The Morgan fingerprint density at radius 3 is 2.40 bits per heavy atom. The number of hydrazone groups is 1. The van der Waals surface area contributed by atoms with Gasteiger partial charge in [-0.05, 0) is 29.7 Å². The van der Waals surface area contributed by atoms with Gasteiger partial charge in [-0.25, -0.2) is 0 Å². The van der Waals surface area contributed by atoms with E-state index in [-0.39, 0.29) is 11.4 Å². The number of carbonyl (C=O) groups excluding carboxylic acids is 1. The molecule has 128 valence electrons. The van der Waals surface area contributed by atoms with Gasteiger partial charge in [0.05, 0.1) is 16.2 Å². The second-order valence-electron chi connectivity index (χ2n) is 4.91. The van der Waals surface area contributed by atoms with Gasteiger partial charge in [0.15, 0.2) is 5.71 Å². The van der Waals surface area contributed by atoms with Crippen LogP contribution in [0, 0.1) is 10.1 Å². The number of halogens is 3. The van der Waals surface area contributed by atoms with Gasteiger partial charge in [-0.2, -0.15) is 23.3 Å². The second kappa shape index (κ2) is 6.13. The molecule has 0 atom stereocenters. The first-order valence-electron chi connectivity index (χ1n) is 6.77. The Kier molecular flexibility index (Phi) is 4.13. The molecule has 2 aromatic rings. The molecule has 1 amide bonds.